The first-order valence-electron chi connectivity index (χ1n) is 4.95. The Balaban J connectivity index is 2.12. The van der Waals surface area contributed by atoms with E-state index in [1.54, 1.807) is 18.2 Å². The van der Waals surface area contributed by atoms with E-state index in [2.05, 4.69) is 14.9 Å². The molecule has 1 atom stereocenters. The lowest BCUT2D eigenvalue weighted by Gasteiger charge is -2.15. The van der Waals surface area contributed by atoms with Crippen molar-refractivity contribution in [3.8, 4) is 0 Å². The predicted octanol–water partition coefficient (Wildman–Crippen LogP) is 0.320. The van der Waals surface area contributed by atoms with Crippen molar-refractivity contribution in [1.82, 2.24) is 10.3 Å². The Labute approximate surface area is 90.4 Å². The molecule has 2 aromatic rings. The minimum Gasteiger partial charge on any atom is -0.391 e. The number of fused-ring (bicyclic) bond motifs is 1. The van der Waals surface area contributed by atoms with Gasteiger partial charge in [0.05, 0.1) is 24.8 Å². The Morgan fingerprint density at radius 3 is 3.06 bits per heavy atom. The Bertz CT molecular complexity index is 551. The number of anilines is 1. The summed E-state index contributed by atoms with van der Waals surface area (Å²) in [6.45, 7) is 0.296. The molecule has 0 radical (unpaired) electrons. The molecule has 1 aromatic carbocycles. The SMILES string of the molecule is O=C1CC(O)CN1c1cccc2nonc12. The largest absolute Gasteiger partial charge is 0.391 e. The smallest absolute Gasteiger partial charge is 0.229 e. The first kappa shape index (κ1) is 9.29. The van der Waals surface area contributed by atoms with E-state index in [9.17, 15) is 9.90 Å². The highest BCUT2D eigenvalue weighted by molar-refractivity contribution is 6.02. The second kappa shape index (κ2) is 3.28. The molecule has 82 valence electrons. The zero-order chi connectivity index (χ0) is 11.1. The summed E-state index contributed by atoms with van der Waals surface area (Å²) in [5, 5.41) is 16.9. The first-order valence-corrected chi connectivity index (χ1v) is 4.95. The number of benzene rings is 1. The van der Waals surface area contributed by atoms with Crippen LogP contribution in [0.5, 0.6) is 0 Å². The van der Waals surface area contributed by atoms with Crippen LogP contribution in [0, 0.1) is 0 Å². The lowest BCUT2D eigenvalue weighted by Crippen LogP contribution is -2.25. The lowest BCUT2D eigenvalue weighted by molar-refractivity contribution is -0.117. The average Bonchev–Trinajstić information content (AvgIpc) is 2.84. The summed E-state index contributed by atoms with van der Waals surface area (Å²) < 4.78 is 4.63. The maximum atomic E-state index is 11.6. The standard InChI is InChI=1S/C10H9N3O3/c14-6-4-9(15)13(5-6)8-3-1-2-7-10(8)12-16-11-7/h1-3,6,14H,4-5H2. The zero-order valence-electron chi connectivity index (χ0n) is 8.33. The number of hydrogen-bond donors (Lipinski definition) is 1. The number of nitrogens with zero attached hydrogens (tertiary/aromatic N) is 3. The van der Waals surface area contributed by atoms with Crippen LogP contribution in [0.15, 0.2) is 22.8 Å². The molecule has 1 fully saturated rings. The Morgan fingerprint density at radius 1 is 1.44 bits per heavy atom. The van der Waals surface area contributed by atoms with Gasteiger partial charge >= 0.3 is 0 Å². The Kier molecular flexibility index (Phi) is 1.90. The van der Waals surface area contributed by atoms with Crippen LogP contribution in [-0.4, -0.2) is 34.0 Å². The fourth-order valence-corrected chi connectivity index (χ4v) is 1.93. The highest BCUT2D eigenvalue weighted by atomic mass is 16.6. The highest BCUT2D eigenvalue weighted by Gasteiger charge is 2.30. The molecule has 1 aliphatic rings. The van der Waals surface area contributed by atoms with Crippen LogP contribution in [-0.2, 0) is 4.79 Å². The van der Waals surface area contributed by atoms with Crippen molar-refractivity contribution in [2.24, 2.45) is 0 Å². The molecule has 1 aliphatic heterocycles. The van der Waals surface area contributed by atoms with Crippen molar-refractivity contribution in [3.63, 3.8) is 0 Å². The highest BCUT2D eigenvalue weighted by Crippen LogP contribution is 2.27. The molecule has 0 bridgehead atoms. The third-order valence-corrected chi connectivity index (χ3v) is 2.66. The number of aliphatic hydroxyl groups is 1. The molecule has 3 rings (SSSR count). The summed E-state index contributed by atoms with van der Waals surface area (Å²) in [5.74, 6) is -0.108. The number of aliphatic hydroxyl groups excluding tert-OH is 1. The second-order valence-electron chi connectivity index (χ2n) is 3.77. The van der Waals surface area contributed by atoms with Gasteiger partial charge in [0, 0.05) is 0 Å². The average molecular weight is 219 g/mol. The molecule has 1 unspecified atom stereocenters. The van der Waals surface area contributed by atoms with E-state index in [4.69, 9.17) is 0 Å². The van der Waals surface area contributed by atoms with Crippen molar-refractivity contribution in [2.75, 3.05) is 11.4 Å². The topological polar surface area (TPSA) is 79.5 Å². The minimum absolute atomic E-state index is 0.108. The van der Waals surface area contributed by atoms with Gasteiger partial charge in [-0.3, -0.25) is 4.79 Å². The summed E-state index contributed by atoms with van der Waals surface area (Å²) in [4.78, 5) is 13.1. The third-order valence-electron chi connectivity index (χ3n) is 2.66. The van der Waals surface area contributed by atoms with Crippen molar-refractivity contribution in [3.05, 3.63) is 18.2 Å². The van der Waals surface area contributed by atoms with Gasteiger partial charge in [0.15, 0.2) is 5.52 Å². The molecular formula is C10H9N3O3. The van der Waals surface area contributed by atoms with Gasteiger partial charge < -0.3 is 10.0 Å². The molecule has 6 heteroatoms. The molecule has 1 saturated heterocycles. The van der Waals surface area contributed by atoms with Gasteiger partial charge in [0.1, 0.15) is 5.52 Å². The van der Waals surface area contributed by atoms with E-state index in [0.29, 0.717) is 23.3 Å². The van der Waals surface area contributed by atoms with Gasteiger partial charge in [-0.2, -0.15) is 0 Å². The molecule has 0 spiro atoms. The third kappa shape index (κ3) is 1.27. The molecular weight excluding hydrogens is 210 g/mol. The summed E-state index contributed by atoms with van der Waals surface area (Å²) in [7, 11) is 0. The fourth-order valence-electron chi connectivity index (χ4n) is 1.93. The van der Waals surface area contributed by atoms with Crippen molar-refractivity contribution >= 4 is 22.6 Å². The van der Waals surface area contributed by atoms with Crippen molar-refractivity contribution in [2.45, 2.75) is 12.5 Å². The van der Waals surface area contributed by atoms with E-state index in [-0.39, 0.29) is 12.3 Å². The van der Waals surface area contributed by atoms with E-state index >= 15 is 0 Å². The number of rotatable bonds is 1. The maximum Gasteiger partial charge on any atom is 0.229 e. The zero-order valence-corrected chi connectivity index (χ0v) is 8.33. The first-order chi connectivity index (χ1) is 7.75. The van der Waals surface area contributed by atoms with Gasteiger partial charge in [-0.25, -0.2) is 4.63 Å². The summed E-state index contributed by atoms with van der Waals surface area (Å²) in [5.41, 5.74) is 1.79. The van der Waals surface area contributed by atoms with Gasteiger partial charge in [0.25, 0.3) is 0 Å². The monoisotopic (exact) mass is 219 g/mol. The molecule has 6 nitrogen and oxygen atoms in total. The Morgan fingerprint density at radius 2 is 2.31 bits per heavy atom. The number of amides is 1. The van der Waals surface area contributed by atoms with Gasteiger partial charge in [0.2, 0.25) is 5.91 Å². The second-order valence-corrected chi connectivity index (χ2v) is 3.77. The molecule has 0 saturated carbocycles. The summed E-state index contributed by atoms with van der Waals surface area (Å²) in [6.07, 6.45) is -0.454. The molecule has 1 amide bonds. The van der Waals surface area contributed by atoms with Crippen LogP contribution < -0.4 is 4.90 Å². The number of carbonyl (C=O) groups is 1. The molecule has 1 N–H and O–H groups in total. The van der Waals surface area contributed by atoms with E-state index < -0.39 is 6.10 Å². The van der Waals surface area contributed by atoms with Crippen molar-refractivity contribution < 1.29 is 14.5 Å². The molecule has 1 aromatic heterocycles. The van der Waals surface area contributed by atoms with Crippen molar-refractivity contribution in [1.29, 1.82) is 0 Å². The number of carbonyl (C=O) groups excluding carboxylic acids is 1. The van der Waals surface area contributed by atoms with Crippen LogP contribution in [0.1, 0.15) is 6.42 Å². The number of β-amino-alcohol motifs (C(OH)–C–C–N with tert-alkyl or cyclic N) is 1. The fraction of sp³-hybridized carbons (Fsp3) is 0.300. The van der Waals surface area contributed by atoms with E-state index in [1.807, 2.05) is 0 Å². The maximum absolute atomic E-state index is 11.6. The van der Waals surface area contributed by atoms with E-state index in [0.717, 1.165) is 0 Å². The van der Waals surface area contributed by atoms with Crippen LogP contribution in [0.25, 0.3) is 11.0 Å². The van der Waals surface area contributed by atoms with Gasteiger partial charge in [-0.15, -0.1) is 0 Å². The number of hydrogen-bond acceptors (Lipinski definition) is 5. The van der Waals surface area contributed by atoms with Crippen LogP contribution in [0.2, 0.25) is 0 Å². The van der Waals surface area contributed by atoms with Gasteiger partial charge in [-0.1, -0.05) is 6.07 Å². The van der Waals surface area contributed by atoms with Crippen LogP contribution >= 0.6 is 0 Å². The van der Waals surface area contributed by atoms with Crippen LogP contribution in [0.3, 0.4) is 0 Å². The quantitative estimate of drug-likeness (QED) is 0.747. The van der Waals surface area contributed by atoms with Gasteiger partial charge in [-0.05, 0) is 22.4 Å². The van der Waals surface area contributed by atoms with Crippen LogP contribution in [0.4, 0.5) is 5.69 Å². The Hall–Kier alpha value is -1.95. The summed E-state index contributed by atoms with van der Waals surface area (Å²) >= 11 is 0. The lowest BCUT2D eigenvalue weighted by atomic mass is 10.2. The minimum atomic E-state index is -0.609. The summed E-state index contributed by atoms with van der Waals surface area (Å²) in [6, 6.07) is 5.30. The van der Waals surface area contributed by atoms with E-state index in [1.165, 1.54) is 4.90 Å². The molecule has 0 aliphatic carbocycles. The molecule has 16 heavy (non-hydrogen) atoms. The number of aromatic nitrogens is 2. The molecule has 2 heterocycles. The normalized spacial score (nSPS) is 20.9. The predicted molar refractivity (Wildman–Crippen MR) is 54.8 cm³/mol.